The first-order valence-electron chi connectivity index (χ1n) is 12.6. The van der Waals surface area contributed by atoms with Crippen LogP contribution >= 0.6 is 11.6 Å². The first-order valence-corrected chi connectivity index (χ1v) is 13.0. The molecule has 1 N–H and O–H groups in total. The maximum atomic E-state index is 13.7. The van der Waals surface area contributed by atoms with E-state index in [1.807, 2.05) is 30.3 Å². The van der Waals surface area contributed by atoms with Crippen LogP contribution in [0.3, 0.4) is 0 Å². The molecule has 0 spiro atoms. The van der Waals surface area contributed by atoms with Crippen molar-refractivity contribution in [3.05, 3.63) is 94.5 Å². The minimum absolute atomic E-state index is 0.0474. The average molecular weight is 589 g/mol. The molecule has 0 bridgehead atoms. The van der Waals surface area contributed by atoms with Crippen LogP contribution in [0.25, 0.3) is 0 Å². The molecule has 1 unspecified atom stereocenters. The van der Waals surface area contributed by atoms with Crippen LogP contribution in [0, 0.1) is 0 Å². The molecular weight excluding hydrogens is 561 g/mol. The highest BCUT2D eigenvalue weighted by Crippen LogP contribution is 2.37. The number of carbonyl (C=O) groups is 2. The highest BCUT2D eigenvalue weighted by Gasteiger charge is 2.35. The van der Waals surface area contributed by atoms with E-state index in [9.17, 15) is 22.8 Å². The van der Waals surface area contributed by atoms with Gasteiger partial charge in [0.25, 0.3) is 5.91 Å². The van der Waals surface area contributed by atoms with Gasteiger partial charge in [-0.2, -0.15) is 18.3 Å². The normalized spacial score (nSPS) is 14.9. The summed E-state index contributed by atoms with van der Waals surface area (Å²) in [6.07, 6.45) is -4.13. The lowest BCUT2D eigenvalue weighted by atomic mass is 9.98. The zero-order chi connectivity index (χ0) is 29.6. The summed E-state index contributed by atoms with van der Waals surface area (Å²) in [6.45, 7) is -0.197. The van der Waals surface area contributed by atoms with Crippen LogP contribution in [0.4, 0.5) is 23.7 Å². The van der Waals surface area contributed by atoms with E-state index in [0.29, 0.717) is 28.5 Å². The molecule has 3 amide bonds. The topological polar surface area (TPSA) is 83.5 Å². The van der Waals surface area contributed by atoms with Gasteiger partial charge in [-0.15, -0.1) is 0 Å². The molecule has 8 nitrogen and oxygen atoms in total. The summed E-state index contributed by atoms with van der Waals surface area (Å²) < 4.78 is 49.2. The van der Waals surface area contributed by atoms with Crippen molar-refractivity contribution in [3.8, 4) is 5.75 Å². The summed E-state index contributed by atoms with van der Waals surface area (Å²) in [5.74, 6) is 0.154. The molecule has 0 saturated heterocycles. The third-order valence-electron chi connectivity index (χ3n) is 6.48. The monoisotopic (exact) mass is 588 g/mol. The molecule has 0 aliphatic carbocycles. The summed E-state index contributed by atoms with van der Waals surface area (Å²) in [5.41, 5.74) is 1.41. The average Bonchev–Trinajstić information content (AvgIpc) is 3.41. The van der Waals surface area contributed by atoms with Crippen molar-refractivity contribution in [1.29, 1.82) is 0 Å². The maximum absolute atomic E-state index is 13.7. The molecule has 0 radical (unpaired) electrons. The van der Waals surface area contributed by atoms with Gasteiger partial charge in [-0.05, 0) is 48.0 Å². The SMILES string of the molecule is COCCN(CC(=O)N1N=C(c2cccc(OC)c2)CC1c1ccccc1Cl)C(=O)Nc1ccc(C(F)(F)F)cc1. The fourth-order valence-corrected chi connectivity index (χ4v) is 4.60. The summed E-state index contributed by atoms with van der Waals surface area (Å²) >= 11 is 6.50. The third kappa shape index (κ3) is 7.36. The van der Waals surface area contributed by atoms with Gasteiger partial charge in [-0.1, -0.05) is 41.9 Å². The van der Waals surface area contributed by atoms with Crippen LogP contribution < -0.4 is 10.1 Å². The van der Waals surface area contributed by atoms with Gasteiger partial charge in [0.1, 0.15) is 12.3 Å². The number of hydrogen-bond acceptors (Lipinski definition) is 5. The predicted molar refractivity (Wildman–Crippen MR) is 149 cm³/mol. The molecular formula is C29H28ClF3N4O4. The molecule has 0 aromatic heterocycles. The zero-order valence-corrected chi connectivity index (χ0v) is 23.1. The van der Waals surface area contributed by atoms with E-state index in [-0.39, 0.29) is 25.4 Å². The number of nitrogens with one attached hydrogen (secondary N) is 1. The van der Waals surface area contributed by atoms with E-state index in [4.69, 9.17) is 21.1 Å². The Balaban J connectivity index is 1.58. The fourth-order valence-electron chi connectivity index (χ4n) is 4.34. The van der Waals surface area contributed by atoms with Gasteiger partial charge in [0.15, 0.2) is 0 Å². The number of urea groups is 1. The van der Waals surface area contributed by atoms with Gasteiger partial charge < -0.3 is 19.7 Å². The van der Waals surface area contributed by atoms with Crippen molar-refractivity contribution in [2.75, 3.05) is 39.2 Å². The quantitative estimate of drug-likeness (QED) is 0.321. The van der Waals surface area contributed by atoms with E-state index in [2.05, 4.69) is 10.4 Å². The molecule has 1 aliphatic rings. The number of ether oxygens (including phenoxy) is 2. The van der Waals surface area contributed by atoms with Crippen LogP contribution in [-0.2, 0) is 15.7 Å². The van der Waals surface area contributed by atoms with E-state index in [1.165, 1.54) is 17.0 Å². The van der Waals surface area contributed by atoms with Crippen LogP contribution in [0.5, 0.6) is 5.75 Å². The number of carbonyl (C=O) groups excluding carboxylic acids is 2. The molecule has 1 atom stereocenters. The fraction of sp³-hybridized carbons (Fsp3) is 0.276. The Labute approximate surface area is 240 Å². The van der Waals surface area contributed by atoms with Crippen molar-refractivity contribution in [3.63, 3.8) is 0 Å². The number of hydrogen-bond donors (Lipinski definition) is 1. The number of anilines is 1. The standard InChI is InChI=1S/C29H28ClF3N4O4/c1-40-15-14-36(28(39)34-21-12-10-20(11-13-21)29(31,32)33)18-27(38)37-26(23-8-3-4-9-24(23)30)17-25(35-37)19-6-5-7-22(16-19)41-2/h3-13,16,26H,14-15,17-18H2,1-2H3,(H,34,39). The van der Waals surface area contributed by atoms with Crippen molar-refractivity contribution in [1.82, 2.24) is 9.91 Å². The summed E-state index contributed by atoms with van der Waals surface area (Å²) in [6, 6.07) is 17.3. The highest BCUT2D eigenvalue weighted by molar-refractivity contribution is 6.31. The summed E-state index contributed by atoms with van der Waals surface area (Å²) in [4.78, 5) is 28.0. The largest absolute Gasteiger partial charge is 0.497 e. The number of halogens is 4. The Morgan fingerprint density at radius 2 is 1.80 bits per heavy atom. The predicted octanol–water partition coefficient (Wildman–Crippen LogP) is 6.23. The minimum atomic E-state index is -4.50. The molecule has 1 heterocycles. The smallest absolute Gasteiger partial charge is 0.416 e. The second-order valence-corrected chi connectivity index (χ2v) is 9.59. The van der Waals surface area contributed by atoms with E-state index < -0.39 is 29.7 Å². The van der Waals surface area contributed by atoms with Crippen molar-refractivity contribution in [2.24, 2.45) is 5.10 Å². The molecule has 0 fully saturated rings. The Bertz CT molecular complexity index is 1420. The maximum Gasteiger partial charge on any atom is 0.416 e. The second kappa shape index (κ2) is 13.0. The first kappa shape index (κ1) is 29.9. The van der Waals surface area contributed by atoms with Crippen molar-refractivity contribution < 1.29 is 32.2 Å². The molecule has 1 aliphatic heterocycles. The Morgan fingerprint density at radius 1 is 1.07 bits per heavy atom. The molecule has 216 valence electrons. The van der Waals surface area contributed by atoms with Crippen LogP contribution in [0.15, 0.2) is 77.9 Å². The van der Waals surface area contributed by atoms with Crippen molar-refractivity contribution in [2.45, 2.75) is 18.6 Å². The Kier molecular flexibility index (Phi) is 9.51. The van der Waals surface area contributed by atoms with E-state index >= 15 is 0 Å². The lowest BCUT2D eigenvalue weighted by molar-refractivity contribution is -0.137. The number of benzene rings is 3. The molecule has 4 rings (SSSR count). The zero-order valence-electron chi connectivity index (χ0n) is 22.3. The van der Waals surface area contributed by atoms with E-state index in [0.717, 1.165) is 29.8 Å². The molecule has 3 aromatic rings. The van der Waals surface area contributed by atoms with E-state index in [1.54, 1.807) is 25.3 Å². The summed E-state index contributed by atoms with van der Waals surface area (Å²) in [5, 5.41) is 8.97. The number of hydrazone groups is 1. The van der Waals surface area contributed by atoms with Gasteiger partial charge in [-0.25, -0.2) is 9.80 Å². The van der Waals surface area contributed by atoms with Gasteiger partial charge in [0, 0.05) is 36.3 Å². The Hall–Kier alpha value is -4.09. The van der Waals surface area contributed by atoms with Gasteiger partial charge in [0.05, 0.1) is 31.0 Å². The minimum Gasteiger partial charge on any atom is -0.497 e. The molecule has 0 saturated carbocycles. The van der Waals surface area contributed by atoms with Crippen molar-refractivity contribution >= 4 is 34.9 Å². The number of amides is 3. The first-order chi connectivity index (χ1) is 19.6. The van der Waals surface area contributed by atoms with Crippen LogP contribution in [0.2, 0.25) is 5.02 Å². The second-order valence-electron chi connectivity index (χ2n) is 9.18. The lowest BCUT2D eigenvalue weighted by Gasteiger charge is -2.27. The number of rotatable bonds is 9. The lowest BCUT2D eigenvalue weighted by Crippen LogP contribution is -2.44. The summed E-state index contributed by atoms with van der Waals surface area (Å²) in [7, 11) is 3.01. The number of methoxy groups -OCH3 is 2. The Morgan fingerprint density at radius 3 is 2.46 bits per heavy atom. The molecule has 12 heteroatoms. The van der Waals surface area contributed by atoms with Gasteiger partial charge >= 0.3 is 12.2 Å². The molecule has 3 aromatic carbocycles. The van der Waals surface area contributed by atoms with Crippen LogP contribution in [-0.4, -0.2) is 61.5 Å². The van der Waals surface area contributed by atoms with Crippen LogP contribution in [0.1, 0.15) is 29.2 Å². The number of alkyl halides is 3. The molecule has 41 heavy (non-hydrogen) atoms. The van der Waals surface area contributed by atoms with Gasteiger partial charge in [0.2, 0.25) is 0 Å². The van der Waals surface area contributed by atoms with Gasteiger partial charge in [-0.3, -0.25) is 4.79 Å². The third-order valence-corrected chi connectivity index (χ3v) is 6.82. The highest BCUT2D eigenvalue weighted by atomic mass is 35.5. The number of nitrogens with zero attached hydrogens (tertiary/aromatic N) is 3.